The number of H-pyrrole nitrogens is 1. The van der Waals surface area contributed by atoms with E-state index >= 15 is 0 Å². The van der Waals surface area contributed by atoms with E-state index < -0.39 is 0 Å². The van der Waals surface area contributed by atoms with Gasteiger partial charge in [-0.3, -0.25) is 9.59 Å². The fraction of sp³-hybridized carbons (Fsp3) is 0.200. The highest BCUT2D eigenvalue weighted by molar-refractivity contribution is 5.99. The lowest BCUT2D eigenvalue weighted by molar-refractivity contribution is 0.0935. The predicted octanol–water partition coefficient (Wildman–Crippen LogP) is 2.71. The first kappa shape index (κ1) is 13.1. The standard InChI is InChI=1S/C15H16N2O2/c1-10(12-6-4-3-5-7-12)17-15(19)14-8-13(9-16-14)11(2)18/h3-10,16H,1-2H3,(H,17,19). The molecule has 0 aliphatic rings. The Morgan fingerprint density at radius 3 is 2.47 bits per heavy atom. The second-order valence-corrected chi connectivity index (χ2v) is 4.46. The average molecular weight is 256 g/mol. The molecule has 2 aromatic rings. The first-order valence-corrected chi connectivity index (χ1v) is 6.13. The van der Waals surface area contributed by atoms with Gasteiger partial charge in [0.25, 0.3) is 5.91 Å². The van der Waals surface area contributed by atoms with Gasteiger partial charge in [0, 0.05) is 11.8 Å². The third-order valence-corrected chi connectivity index (χ3v) is 2.98. The molecule has 0 aliphatic carbocycles. The van der Waals surface area contributed by atoms with E-state index in [2.05, 4.69) is 10.3 Å². The van der Waals surface area contributed by atoms with Crippen molar-refractivity contribution in [1.82, 2.24) is 10.3 Å². The Kier molecular flexibility index (Phi) is 3.80. The van der Waals surface area contributed by atoms with Crippen LogP contribution in [0.1, 0.15) is 46.3 Å². The number of hydrogen-bond acceptors (Lipinski definition) is 2. The van der Waals surface area contributed by atoms with Crippen LogP contribution in [-0.2, 0) is 0 Å². The van der Waals surface area contributed by atoms with Gasteiger partial charge in [-0.05, 0) is 25.5 Å². The zero-order valence-corrected chi connectivity index (χ0v) is 10.9. The van der Waals surface area contributed by atoms with Crippen molar-refractivity contribution in [3.63, 3.8) is 0 Å². The summed E-state index contributed by atoms with van der Waals surface area (Å²) in [6, 6.07) is 11.2. The zero-order chi connectivity index (χ0) is 13.8. The Hall–Kier alpha value is -2.36. The van der Waals surface area contributed by atoms with E-state index in [0.29, 0.717) is 11.3 Å². The molecule has 0 bridgehead atoms. The molecule has 0 saturated carbocycles. The van der Waals surface area contributed by atoms with E-state index in [0.717, 1.165) is 5.56 Å². The number of aromatic nitrogens is 1. The van der Waals surface area contributed by atoms with Gasteiger partial charge in [-0.1, -0.05) is 30.3 Å². The molecule has 0 radical (unpaired) electrons. The molecule has 1 aromatic heterocycles. The molecule has 0 fully saturated rings. The molecule has 4 heteroatoms. The summed E-state index contributed by atoms with van der Waals surface area (Å²) in [4.78, 5) is 26.0. The van der Waals surface area contributed by atoms with Crippen LogP contribution in [0.4, 0.5) is 0 Å². The zero-order valence-electron chi connectivity index (χ0n) is 10.9. The average Bonchev–Trinajstić information content (AvgIpc) is 2.89. The molecule has 1 unspecified atom stereocenters. The SMILES string of the molecule is CC(=O)c1c[nH]c(C(=O)NC(C)c2ccccc2)c1. The van der Waals surface area contributed by atoms with Gasteiger partial charge in [0.15, 0.2) is 5.78 Å². The number of carbonyl (C=O) groups is 2. The predicted molar refractivity (Wildman–Crippen MR) is 73.1 cm³/mol. The number of hydrogen-bond donors (Lipinski definition) is 2. The second kappa shape index (κ2) is 5.52. The van der Waals surface area contributed by atoms with Gasteiger partial charge in [0.05, 0.1) is 6.04 Å². The van der Waals surface area contributed by atoms with E-state index in [1.165, 1.54) is 6.92 Å². The number of ketones is 1. The van der Waals surface area contributed by atoms with E-state index in [1.54, 1.807) is 12.3 Å². The number of aromatic amines is 1. The summed E-state index contributed by atoms with van der Waals surface area (Å²) in [7, 11) is 0. The van der Waals surface area contributed by atoms with Crippen LogP contribution in [0.15, 0.2) is 42.6 Å². The van der Waals surface area contributed by atoms with Crippen LogP contribution >= 0.6 is 0 Å². The Bertz CT molecular complexity index is 587. The molecule has 0 spiro atoms. The molecular weight excluding hydrogens is 240 g/mol. The van der Waals surface area contributed by atoms with Crippen LogP contribution < -0.4 is 5.32 Å². The highest BCUT2D eigenvalue weighted by Gasteiger charge is 2.13. The number of benzene rings is 1. The Labute approximate surface area is 111 Å². The van der Waals surface area contributed by atoms with Gasteiger partial charge in [0.1, 0.15) is 5.69 Å². The Balaban J connectivity index is 2.06. The number of nitrogens with one attached hydrogen (secondary N) is 2. The van der Waals surface area contributed by atoms with Crippen molar-refractivity contribution >= 4 is 11.7 Å². The van der Waals surface area contributed by atoms with Gasteiger partial charge in [-0.15, -0.1) is 0 Å². The van der Waals surface area contributed by atoms with Crippen LogP contribution in [0.3, 0.4) is 0 Å². The molecule has 1 atom stereocenters. The molecule has 0 aliphatic heterocycles. The summed E-state index contributed by atoms with van der Waals surface area (Å²) in [5, 5.41) is 2.88. The van der Waals surface area contributed by atoms with Crippen molar-refractivity contribution in [3.8, 4) is 0 Å². The first-order valence-electron chi connectivity index (χ1n) is 6.13. The van der Waals surface area contributed by atoms with Crippen LogP contribution in [-0.4, -0.2) is 16.7 Å². The quantitative estimate of drug-likeness (QED) is 0.826. The third kappa shape index (κ3) is 3.10. The van der Waals surface area contributed by atoms with Crippen molar-refractivity contribution in [1.29, 1.82) is 0 Å². The minimum Gasteiger partial charge on any atom is -0.356 e. The maximum Gasteiger partial charge on any atom is 0.268 e. The summed E-state index contributed by atoms with van der Waals surface area (Å²) >= 11 is 0. The number of rotatable bonds is 4. The molecule has 2 N–H and O–H groups in total. The molecule has 2 rings (SSSR count). The fourth-order valence-electron chi connectivity index (χ4n) is 1.83. The summed E-state index contributed by atoms with van der Waals surface area (Å²) < 4.78 is 0. The maximum atomic E-state index is 12.0. The summed E-state index contributed by atoms with van der Waals surface area (Å²) in [6.07, 6.45) is 1.55. The first-order chi connectivity index (χ1) is 9.08. The summed E-state index contributed by atoms with van der Waals surface area (Å²) in [5.41, 5.74) is 1.94. The second-order valence-electron chi connectivity index (χ2n) is 4.46. The number of carbonyl (C=O) groups excluding carboxylic acids is 2. The van der Waals surface area contributed by atoms with Crippen molar-refractivity contribution in [2.75, 3.05) is 0 Å². The van der Waals surface area contributed by atoms with Crippen LogP contribution in [0.2, 0.25) is 0 Å². The normalized spacial score (nSPS) is 11.9. The lowest BCUT2D eigenvalue weighted by Gasteiger charge is -2.13. The van der Waals surface area contributed by atoms with Gasteiger partial charge in [0.2, 0.25) is 0 Å². The van der Waals surface area contributed by atoms with Crippen molar-refractivity contribution in [2.24, 2.45) is 0 Å². The molecule has 98 valence electrons. The van der Waals surface area contributed by atoms with Crippen LogP contribution in [0.25, 0.3) is 0 Å². The molecule has 0 saturated heterocycles. The smallest absolute Gasteiger partial charge is 0.268 e. The Morgan fingerprint density at radius 1 is 1.21 bits per heavy atom. The topological polar surface area (TPSA) is 62.0 Å². The molecule has 1 amide bonds. The molecule has 1 aromatic carbocycles. The lowest BCUT2D eigenvalue weighted by Crippen LogP contribution is -2.26. The minimum absolute atomic E-state index is 0.0635. The van der Waals surface area contributed by atoms with Crippen LogP contribution in [0, 0.1) is 0 Å². The van der Waals surface area contributed by atoms with E-state index in [9.17, 15) is 9.59 Å². The number of Topliss-reactive ketones (excluding diaryl/α,β-unsaturated/α-hetero) is 1. The third-order valence-electron chi connectivity index (χ3n) is 2.98. The van der Waals surface area contributed by atoms with E-state index in [1.807, 2.05) is 37.3 Å². The van der Waals surface area contributed by atoms with Crippen molar-refractivity contribution < 1.29 is 9.59 Å². The fourth-order valence-corrected chi connectivity index (χ4v) is 1.83. The highest BCUT2D eigenvalue weighted by Crippen LogP contribution is 2.12. The Morgan fingerprint density at radius 2 is 1.89 bits per heavy atom. The molecule has 19 heavy (non-hydrogen) atoms. The van der Waals surface area contributed by atoms with Crippen LogP contribution in [0.5, 0.6) is 0 Å². The molecule has 4 nitrogen and oxygen atoms in total. The number of amides is 1. The van der Waals surface area contributed by atoms with Gasteiger partial charge >= 0.3 is 0 Å². The molecule has 1 heterocycles. The summed E-state index contributed by atoms with van der Waals surface area (Å²) in [6.45, 7) is 3.39. The molecular formula is C15H16N2O2. The van der Waals surface area contributed by atoms with E-state index in [-0.39, 0.29) is 17.7 Å². The van der Waals surface area contributed by atoms with Crippen molar-refractivity contribution in [2.45, 2.75) is 19.9 Å². The van der Waals surface area contributed by atoms with Gasteiger partial charge < -0.3 is 10.3 Å². The maximum absolute atomic E-state index is 12.0. The largest absolute Gasteiger partial charge is 0.356 e. The van der Waals surface area contributed by atoms with E-state index in [4.69, 9.17) is 0 Å². The monoisotopic (exact) mass is 256 g/mol. The van der Waals surface area contributed by atoms with Gasteiger partial charge in [-0.2, -0.15) is 0 Å². The summed E-state index contributed by atoms with van der Waals surface area (Å²) in [5.74, 6) is -0.282. The minimum atomic E-state index is -0.219. The van der Waals surface area contributed by atoms with Crippen molar-refractivity contribution in [3.05, 3.63) is 59.4 Å². The lowest BCUT2D eigenvalue weighted by atomic mass is 10.1. The highest BCUT2D eigenvalue weighted by atomic mass is 16.2. The van der Waals surface area contributed by atoms with Gasteiger partial charge in [-0.25, -0.2) is 0 Å².